The molecule has 0 saturated carbocycles. The average molecular weight is 631 g/mol. The van der Waals surface area contributed by atoms with E-state index in [4.69, 9.17) is 4.74 Å². The number of carbonyl (C=O) groups is 2. The van der Waals surface area contributed by atoms with E-state index in [1.54, 1.807) is 35.2 Å². The van der Waals surface area contributed by atoms with Crippen LogP contribution < -0.4 is 26.0 Å². The van der Waals surface area contributed by atoms with Crippen molar-refractivity contribution < 1.29 is 32.1 Å². The smallest absolute Gasteiger partial charge is 0.421 e. The van der Waals surface area contributed by atoms with E-state index in [1.807, 2.05) is 0 Å². The summed E-state index contributed by atoms with van der Waals surface area (Å²) in [6.45, 7) is 8.22. The second-order valence-corrected chi connectivity index (χ2v) is 13.9. The van der Waals surface area contributed by atoms with Gasteiger partial charge in [-0.1, -0.05) is 18.7 Å². The quantitative estimate of drug-likeness (QED) is 0.201. The molecule has 4 rings (SSSR count). The number of anilines is 4. The number of benzene rings is 2. The van der Waals surface area contributed by atoms with Crippen molar-refractivity contribution in [2.24, 2.45) is 5.92 Å². The molecule has 14 heteroatoms. The van der Waals surface area contributed by atoms with Crippen LogP contribution in [0.5, 0.6) is 5.75 Å². The van der Waals surface area contributed by atoms with Crippen molar-refractivity contribution in [1.82, 2.24) is 20.2 Å². The van der Waals surface area contributed by atoms with Crippen LogP contribution in [0, 0.1) is 5.92 Å². The molecule has 3 aromatic rings. The van der Waals surface area contributed by atoms with Gasteiger partial charge in [0.2, 0.25) is 11.9 Å². The highest BCUT2D eigenvalue weighted by molar-refractivity contribution is 7.70. The molecule has 2 aromatic carbocycles. The Morgan fingerprint density at radius 1 is 1.11 bits per heavy atom. The van der Waals surface area contributed by atoms with Gasteiger partial charge in [-0.15, -0.1) is 0 Å². The van der Waals surface area contributed by atoms with Gasteiger partial charge in [0.1, 0.15) is 24.3 Å². The second kappa shape index (κ2) is 13.5. The molecule has 0 spiro atoms. The zero-order valence-corrected chi connectivity index (χ0v) is 25.5. The number of hydrogen-bond acceptors (Lipinski definition) is 8. The van der Waals surface area contributed by atoms with Crippen molar-refractivity contribution in [1.29, 1.82) is 0 Å². The molecule has 2 heterocycles. The molecule has 1 saturated heterocycles. The van der Waals surface area contributed by atoms with E-state index in [-0.39, 0.29) is 35.1 Å². The minimum Gasteiger partial charge on any atom is -0.495 e. The highest BCUT2D eigenvalue weighted by Gasteiger charge is 2.36. The molecule has 10 nitrogen and oxygen atoms in total. The van der Waals surface area contributed by atoms with E-state index in [9.17, 15) is 27.3 Å². The summed E-state index contributed by atoms with van der Waals surface area (Å²) in [6, 6.07) is 11.0. The topological polar surface area (TPSA) is 126 Å². The number of alkyl halides is 3. The Hall–Kier alpha value is -4.38. The lowest BCUT2D eigenvalue weighted by atomic mass is 9.96. The molecule has 1 aromatic heterocycles. The van der Waals surface area contributed by atoms with Crippen molar-refractivity contribution in [2.45, 2.75) is 19.0 Å². The molecule has 0 bridgehead atoms. The Morgan fingerprint density at radius 2 is 1.82 bits per heavy atom. The van der Waals surface area contributed by atoms with Gasteiger partial charge in [-0.05, 0) is 68.5 Å². The SMILES string of the molecule is C=CC(=O)N1CCC(CNC(=O)c2ccc(Nc3ncc(C(F)(F)F)c(Nc4ccccc4P(C)(C)=O)n3)c(OC)c2)CC1. The number of carbonyl (C=O) groups excluding carboxylic acids is 2. The third-order valence-corrected chi connectivity index (χ3v) is 8.74. The molecule has 1 aliphatic heterocycles. The summed E-state index contributed by atoms with van der Waals surface area (Å²) in [5, 5.41) is 8.85. The summed E-state index contributed by atoms with van der Waals surface area (Å²) >= 11 is 0. The predicted octanol–water partition coefficient (Wildman–Crippen LogP) is 5.39. The van der Waals surface area contributed by atoms with Gasteiger partial charge in [-0.2, -0.15) is 18.2 Å². The Bertz CT molecular complexity index is 1590. The number of ether oxygens (including phenoxy) is 1. The molecule has 44 heavy (non-hydrogen) atoms. The van der Waals surface area contributed by atoms with Gasteiger partial charge in [0.05, 0.1) is 18.5 Å². The Labute approximate surface area is 253 Å². The molecule has 3 N–H and O–H groups in total. The highest BCUT2D eigenvalue weighted by Crippen LogP contribution is 2.40. The zero-order valence-electron chi connectivity index (χ0n) is 24.6. The molecule has 1 fully saturated rings. The van der Waals surface area contributed by atoms with Crippen LogP contribution in [-0.2, 0) is 15.5 Å². The van der Waals surface area contributed by atoms with Gasteiger partial charge in [0, 0.05) is 36.7 Å². The number of hydrogen-bond donors (Lipinski definition) is 3. The maximum atomic E-state index is 13.9. The van der Waals surface area contributed by atoms with Crippen molar-refractivity contribution in [3.8, 4) is 5.75 Å². The maximum Gasteiger partial charge on any atom is 0.421 e. The summed E-state index contributed by atoms with van der Waals surface area (Å²) in [6.07, 6.45) is -1.28. The monoisotopic (exact) mass is 630 g/mol. The second-order valence-electron chi connectivity index (χ2n) is 10.7. The van der Waals surface area contributed by atoms with Gasteiger partial charge in [0.15, 0.2) is 0 Å². The number of halogens is 3. The minimum atomic E-state index is -4.76. The zero-order chi connectivity index (χ0) is 32.1. The molecule has 1 aliphatic rings. The number of nitrogens with zero attached hydrogens (tertiary/aromatic N) is 3. The summed E-state index contributed by atoms with van der Waals surface area (Å²) in [4.78, 5) is 34.3. The summed E-state index contributed by atoms with van der Waals surface area (Å²) in [7, 11) is -1.43. The molecule has 0 unspecified atom stereocenters. The molecule has 234 valence electrons. The molecular formula is C30H34F3N6O4P. The number of methoxy groups -OCH3 is 1. The molecule has 0 atom stereocenters. The van der Waals surface area contributed by atoms with E-state index < -0.39 is 24.7 Å². The fourth-order valence-electron chi connectivity index (χ4n) is 4.80. The van der Waals surface area contributed by atoms with Crippen molar-refractivity contribution in [3.63, 3.8) is 0 Å². The molecule has 2 amide bonds. The number of aromatic nitrogens is 2. The van der Waals surface area contributed by atoms with Crippen LogP contribution in [0.2, 0.25) is 0 Å². The number of para-hydroxylation sites is 1. The van der Waals surface area contributed by atoms with Crippen LogP contribution in [-0.4, -0.2) is 66.8 Å². The van der Waals surface area contributed by atoms with Crippen LogP contribution >= 0.6 is 7.14 Å². The van der Waals surface area contributed by atoms with Crippen LogP contribution in [0.4, 0.5) is 36.3 Å². The minimum absolute atomic E-state index is 0.0997. The van der Waals surface area contributed by atoms with Crippen LogP contribution in [0.15, 0.2) is 61.3 Å². The van der Waals surface area contributed by atoms with E-state index in [1.165, 1.54) is 38.6 Å². The fourth-order valence-corrected chi connectivity index (χ4v) is 5.96. The number of rotatable bonds is 10. The Kier molecular flexibility index (Phi) is 9.98. The van der Waals surface area contributed by atoms with Gasteiger partial charge in [-0.3, -0.25) is 9.59 Å². The third kappa shape index (κ3) is 7.96. The fraction of sp³-hybridized carbons (Fsp3) is 0.333. The van der Waals surface area contributed by atoms with E-state index in [2.05, 4.69) is 32.5 Å². The largest absolute Gasteiger partial charge is 0.495 e. The summed E-state index contributed by atoms with van der Waals surface area (Å²) < 4.78 is 59.8. The first-order valence-electron chi connectivity index (χ1n) is 13.8. The predicted molar refractivity (Wildman–Crippen MR) is 164 cm³/mol. The number of amides is 2. The number of nitrogens with one attached hydrogen (secondary N) is 3. The van der Waals surface area contributed by atoms with E-state index in [0.29, 0.717) is 42.4 Å². The van der Waals surface area contributed by atoms with Crippen molar-refractivity contribution in [2.75, 3.05) is 50.7 Å². The van der Waals surface area contributed by atoms with Crippen LogP contribution in [0.1, 0.15) is 28.8 Å². The first-order valence-corrected chi connectivity index (χ1v) is 16.4. The van der Waals surface area contributed by atoms with Gasteiger partial charge in [-0.25, -0.2) is 4.98 Å². The third-order valence-electron chi connectivity index (χ3n) is 7.19. The van der Waals surface area contributed by atoms with Crippen LogP contribution in [0.3, 0.4) is 0 Å². The van der Waals surface area contributed by atoms with Gasteiger partial charge >= 0.3 is 6.18 Å². The first-order chi connectivity index (χ1) is 20.8. The van der Waals surface area contributed by atoms with Crippen molar-refractivity contribution >= 4 is 47.4 Å². The average Bonchev–Trinajstić information content (AvgIpc) is 2.99. The Balaban J connectivity index is 1.50. The number of piperidine rings is 1. The molecule has 0 radical (unpaired) electrons. The lowest BCUT2D eigenvalue weighted by molar-refractivity contribution is -0.137. The lowest BCUT2D eigenvalue weighted by Crippen LogP contribution is -2.40. The van der Waals surface area contributed by atoms with Gasteiger partial charge in [0.25, 0.3) is 5.91 Å². The maximum absolute atomic E-state index is 13.9. The number of likely N-dealkylation sites (tertiary alicyclic amines) is 1. The normalized spacial score (nSPS) is 14.1. The van der Waals surface area contributed by atoms with Gasteiger partial charge < -0.3 is 30.2 Å². The highest BCUT2D eigenvalue weighted by atomic mass is 31.2. The van der Waals surface area contributed by atoms with Crippen LogP contribution in [0.25, 0.3) is 0 Å². The summed E-state index contributed by atoms with van der Waals surface area (Å²) in [5.74, 6) is -0.632. The molecule has 0 aliphatic carbocycles. The van der Waals surface area contributed by atoms with Crippen molar-refractivity contribution in [3.05, 3.63) is 72.4 Å². The molecular weight excluding hydrogens is 596 g/mol. The lowest BCUT2D eigenvalue weighted by Gasteiger charge is -2.31. The van der Waals surface area contributed by atoms with E-state index in [0.717, 1.165) is 12.8 Å². The Morgan fingerprint density at radius 3 is 2.45 bits per heavy atom. The standard InChI is InChI=1S/C30H34F3N6O4P/c1-5-26(40)39-14-12-19(13-15-39)17-34-28(41)20-10-11-22(24(16-20)43-2)37-29-35-18-21(30(31,32)33)27(38-29)36-23-8-6-7-9-25(23)44(3,4)42/h5-11,16,18-19H,1,12-15,17H2,2-4H3,(H,34,41)(H2,35,36,37,38). The first kappa shape index (κ1) is 32.5. The van der Waals surface area contributed by atoms with E-state index >= 15 is 0 Å². The summed E-state index contributed by atoms with van der Waals surface area (Å²) in [5.41, 5.74) is -0.222.